The molecule has 6 unspecified atom stereocenters. The van der Waals surface area contributed by atoms with Gasteiger partial charge in [0.05, 0.1) is 48.5 Å². The van der Waals surface area contributed by atoms with Crippen molar-refractivity contribution in [1.29, 1.82) is 0 Å². The Morgan fingerprint density at radius 3 is 1.45 bits per heavy atom. The highest BCUT2D eigenvalue weighted by molar-refractivity contribution is 6.30. The molecule has 10 atom stereocenters. The van der Waals surface area contributed by atoms with Crippen LogP contribution in [0, 0.1) is 23.7 Å². The zero-order chi connectivity index (χ0) is 43.6. The molecule has 8 heterocycles. The van der Waals surface area contributed by atoms with Crippen LogP contribution in [0.15, 0.2) is 97.3 Å². The molecule has 7 aliphatic rings. The Hall–Kier alpha value is -5.84. The van der Waals surface area contributed by atoms with Crippen LogP contribution >= 0.6 is 0 Å². The van der Waals surface area contributed by atoms with Crippen molar-refractivity contribution >= 4 is 33.4 Å². The van der Waals surface area contributed by atoms with Gasteiger partial charge in [0.25, 0.3) is 0 Å². The van der Waals surface area contributed by atoms with Gasteiger partial charge >= 0.3 is 0 Å². The summed E-state index contributed by atoms with van der Waals surface area (Å²) < 4.78 is 26.3. The van der Waals surface area contributed by atoms with Gasteiger partial charge in [0.2, 0.25) is 0 Å². The van der Waals surface area contributed by atoms with E-state index in [9.17, 15) is 0 Å². The van der Waals surface area contributed by atoms with Crippen LogP contribution in [0.5, 0.6) is 23.0 Å². The Morgan fingerprint density at radius 2 is 1.06 bits per heavy atom. The number of methoxy groups -OCH3 is 2. The number of rotatable bonds is 12. The molecule has 13 rings (SSSR count). The van der Waals surface area contributed by atoms with Crippen molar-refractivity contribution in [2.24, 2.45) is 23.7 Å². The van der Waals surface area contributed by atoms with Crippen molar-refractivity contribution in [2.45, 2.75) is 76.7 Å². The molecular formula is C54H56N4O6. The number of fused-ring (bicyclic) bond motifs is 10. The van der Waals surface area contributed by atoms with E-state index in [0.717, 1.165) is 109 Å². The van der Waals surface area contributed by atoms with Gasteiger partial charge in [-0.1, -0.05) is 51.0 Å². The Morgan fingerprint density at radius 1 is 0.609 bits per heavy atom. The van der Waals surface area contributed by atoms with Crippen LogP contribution in [-0.4, -0.2) is 83.8 Å². The van der Waals surface area contributed by atoms with Crippen LogP contribution in [0.3, 0.4) is 0 Å². The molecule has 6 saturated heterocycles. The van der Waals surface area contributed by atoms with Gasteiger partial charge in [-0.25, -0.2) is 0 Å². The average molecular weight is 857 g/mol. The highest BCUT2D eigenvalue weighted by Gasteiger charge is 2.47. The number of ketones is 2. The summed E-state index contributed by atoms with van der Waals surface area (Å²) in [6.07, 6.45) is 9.30. The smallest absolute Gasteiger partial charge is 0.198 e. The molecule has 10 heteroatoms. The van der Waals surface area contributed by atoms with Gasteiger partial charge in [-0.15, -0.1) is 0 Å². The van der Waals surface area contributed by atoms with Crippen molar-refractivity contribution in [3.05, 3.63) is 131 Å². The first-order chi connectivity index (χ1) is 31.3. The number of ether oxygens (including phenoxy) is 4. The third kappa shape index (κ3) is 6.83. The highest BCUT2D eigenvalue weighted by atomic mass is 16.5. The van der Waals surface area contributed by atoms with Crippen LogP contribution in [0.2, 0.25) is 0 Å². The normalized spacial score (nSPS) is 26.6. The zero-order valence-electron chi connectivity index (χ0n) is 37.2. The third-order valence-corrected chi connectivity index (χ3v) is 15.7. The SMILES string of the molecule is CCC1CN2CC[C@@H]1CC2[C@H](Oc1ccc(O[C@H](c2ccnc3ccc(OC)cc23)C2C[C@@H]3CCN2CC3CC)c2c1C(=O)c1ccccc1C2=O)c1ccnc2ccc(OC)cc12. The summed E-state index contributed by atoms with van der Waals surface area (Å²) in [5.41, 5.74) is 4.87. The maximum Gasteiger partial charge on any atom is 0.198 e. The van der Waals surface area contributed by atoms with Crippen LogP contribution in [0.1, 0.15) is 108 Å². The molecule has 2 aromatic heterocycles. The minimum atomic E-state index is -0.475. The maximum atomic E-state index is 15.1. The van der Waals surface area contributed by atoms with E-state index in [1.807, 2.05) is 85.2 Å². The lowest BCUT2D eigenvalue weighted by atomic mass is 9.72. The van der Waals surface area contributed by atoms with E-state index in [1.54, 1.807) is 26.4 Å². The lowest BCUT2D eigenvalue weighted by Crippen LogP contribution is -2.56. The first-order valence-electron chi connectivity index (χ1n) is 23.4. The van der Waals surface area contributed by atoms with Crippen LogP contribution in [-0.2, 0) is 0 Å². The number of piperidine rings is 6. The Bertz CT molecular complexity index is 2600. The van der Waals surface area contributed by atoms with Gasteiger partial charge in [-0.2, -0.15) is 0 Å². The minimum Gasteiger partial charge on any atom is -0.497 e. The van der Waals surface area contributed by atoms with Gasteiger partial charge in [-0.3, -0.25) is 29.4 Å². The molecular weight excluding hydrogens is 801 g/mol. The second-order valence-corrected chi connectivity index (χ2v) is 18.7. The first kappa shape index (κ1) is 40.9. The summed E-state index contributed by atoms with van der Waals surface area (Å²) in [6, 6.07) is 27.0. The minimum absolute atomic E-state index is 0.0377. The molecule has 0 amide bonds. The van der Waals surface area contributed by atoms with Gasteiger partial charge in [0.1, 0.15) is 35.2 Å². The van der Waals surface area contributed by atoms with Gasteiger partial charge < -0.3 is 18.9 Å². The molecule has 64 heavy (non-hydrogen) atoms. The molecule has 6 aromatic rings. The second kappa shape index (κ2) is 16.6. The molecule has 6 aliphatic heterocycles. The van der Waals surface area contributed by atoms with Crippen molar-refractivity contribution < 1.29 is 28.5 Å². The van der Waals surface area contributed by atoms with Crippen molar-refractivity contribution in [3.8, 4) is 23.0 Å². The fourth-order valence-electron chi connectivity index (χ4n) is 12.3. The second-order valence-electron chi connectivity index (χ2n) is 18.7. The number of pyridine rings is 2. The van der Waals surface area contributed by atoms with E-state index in [-0.39, 0.29) is 34.8 Å². The van der Waals surface area contributed by atoms with E-state index in [2.05, 4.69) is 23.6 Å². The van der Waals surface area contributed by atoms with E-state index in [1.165, 1.54) is 0 Å². The first-order valence-corrected chi connectivity index (χ1v) is 23.4. The number of aromatic nitrogens is 2. The van der Waals surface area contributed by atoms with E-state index in [0.29, 0.717) is 46.3 Å². The Kier molecular flexibility index (Phi) is 10.6. The van der Waals surface area contributed by atoms with Crippen LogP contribution < -0.4 is 18.9 Å². The fourth-order valence-corrected chi connectivity index (χ4v) is 12.3. The highest BCUT2D eigenvalue weighted by Crippen LogP contribution is 2.49. The van der Waals surface area contributed by atoms with Crippen LogP contribution in [0.4, 0.5) is 0 Å². The van der Waals surface area contributed by atoms with Gasteiger partial charge in [-0.05, 0) is 123 Å². The number of benzene rings is 4. The summed E-state index contributed by atoms with van der Waals surface area (Å²) in [4.78, 5) is 45.0. The maximum absolute atomic E-state index is 15.1. The number of carbonyl (C=O) groups is 2. The number of carbonyl (C=O) groups excluding carboxylic acids is 2. The summed E-state index contributed by atoms with van der Waals surface area (Å²) in [7, 11) is 3.35. The van der Waals surface area contributed by atoms with E-state index in [4.69, 9.17) is 28.9 Å². The molecule has 0 N–H and O–H groups in total. The molecule has 4 bridgehead atoms. The molecule has 10 nitrogen and oxygen atoms in total. The monoisotopic (exact) mass is 856 g/mol. The zero-order valence-corrected chi connectivity index (χ0v) is 37.2. The summed E-state index contributed by atoms with van der Waals surface area (Å²) >= 11 is 0. The summed E-state index contributed by atoms with van der Waals surface area (Å²) in [5.74, 6) is 4.15. The standard InChI is InChI=1S/C54H56N4O6/c1-5-31-29-57-23-19-33(31)25-45(57)53(39-17-21-55-43-13-11-35(61-3)27-41(39)43)63-47-15-16-48(50-49(47)51(59)37-9-7-8-10-38(37)52(50)60)64-54(46-26-34-20-24-58(46)30-32(34)6-2)40-18-22-56-44-14-12-36(62-4)28-42(40)44/h7-18,21-22,27-28,31-34,45-46,53-54H,5-6,19-20,23-26,29-30H2,1-4H3/t31?,32?,33-,34+,45?,46?,53-,54-/m1/s1. The average Bonchev–Trinajstić information content (AvgIpc) is 3.36. The number of nitrogens with zero attached hydrogens (tertiary/aromatic N) is 4. The van der Waals surface area contributed by atoms with E-state index >= 15 is 9.59 Å². The molecule has 4 aromatic carbocycles. The van der Waals surface area contributed by atoms with E-state index < -0.39 is 12.2 Å². The van der Waals surface area contributed by atoms with Crippen molar-refractivity contribution in [3.63, 3.8) is 0 Å². The lowest BCUT2D eigenvalue weighted by Gasteiger charge is -2.52. The number of hydrogen-bond acceptors (Lipinski definition) is 10. The largest absolute Gasteiger partial charge is 0.497 e. The summed E-state index contributed by atoms with van der Waals surface area (Å²) in [5, 5.41) is 1.88. The molecule has 6 fully saturated rings. The van der Waals surface area contributed by atoms with Crippen molar-refractivity contribution in [2.75, 3.05) is 40.4 Å². The third-order valence-electron chi connectivity index (χ3n) is 15.7. The van der Waals surface area contributed by atoms with Crippen molar-refractivity contribution in [1.82, 2.24) is 19.8 Å². The molecule has 0 saturated carbocycles. The fraction of sp³-hybridized carbons (Fsp3) is 0.407. The summed E-state index contributed by atoms with van der Waals surface area (Å²) in [6.45, 7) is 8.58. The Labute approximate surface area is 374 Å². The lowest BCUT2D eigenvalue weighted by molar-refractivity contribution is -0.0493. The Balaban J connectivity index is 1.07. The molecule has 328 valence electrons. The van der Waals surface area contributed by atoms with Gasteiger partial charge in [0, 0.05) is 58.5 Å². The molecule has 1 aliphatic carbocycles. The molecule has 0 radical (unpaired) electrons. The molecule has 0 spiro atoms. The topological polar surface area (TPSA) is 103 Å². The predicted octanol–water partition coefficient (Wildman–Crippen LogP) is 10.1. The van der Waals surface area contributed by atoms with Crippen LogP contribution in [0.25, 0.3) is 21.8 Å². The van der Waals surface area contributed by atoms with Gasteiger partial charge in [0.15, 0.2) is 11.6 Å². The quantitative estimate of drug-likeness (QED) is 0.118. The predicted molar refractivity (Wildman–Crippen MR) is 247 cm³/mol. The number of hydrogen-bond donors (Lipinski definition) is 0.